The molecule has 26 heavy (non-hydrogen) atoms. The zero-order valence-corrected chi connectivity index (χ0v) is 17.8. The Bertz CT molecular complexity index is 290. The summed E-state index contributed by atoms with van der Waals surface area (Å²) in [6.07, 6.45) is 5.84. The lowest BCUT2D eigenvalue weighted by atomic mass is 9.95. The Kier molecular flexibility index (Phi) is 29.7. The molecule has 0 aromatic heterocycles. The summed E-state index contributed by atoms with van der Waals surface area (Å²) in [7, 11) is 0. The van der Waals surface area contributed by atoms with Crippen molar-refractivity contribution in [2.45, 2.75) is 86.0 Å². The second-order valence-corrected chi connectivity index (χ2v) is 6.08. The van der Waals surface area contributed by atoms with Crippen LogP contribution in [0, 0.1) is 5.92 Å². The van der Waals surface area contributed by atoms with Gasteiger partial charge < -0.3 is 20.8 Å². The van der Waals surface area contributed by atoms with Crippen molar-refractivity contribution in [1.29, 1.82) is 0 Å². The molecule has 0 rings (SSSR count). The highest BCUT2D eigenvalue weighted by Gasteiger charge is 2.15. The van der Waals surface area contributed by atoms with Crippen LogP contribution in [-0.4, -0.2) is 48.3 Å². The first-order valence-corrected chi connectivity index (χ1v) is 10.3. The molecule has 0 radical (unpaired) electrons. The van der Waals surface area contributed by atoms with Gasteiger partial charge in [0.15, 0.2) is 0 Å². The number of hydrogen-bond acceptors (Lipinski definition) is 4. The van der Waals surface area contributed by atoms with E-state index in [2.05, 4.69) is 38.3 Å². The van der Waals surface area contributed by atoms with Crippen molar-refractivity contribution in [3.8, 4) is 0 Å². The molecule has 6 nitrogen and oxygen atoms in total. The lowest BCUT2D eigenvalue weighted by molar-refractivity contribution is -0.142. The monoisotopic (exact) mass is 376 g/mol. The summed E-state index contributed by atoms with van der Waals surface area (Å²) < 4.78 is 0. The topological polar surface area (TPSA) is 98.7 Å². The second-order valence-electron chi connectivity index (χ2n) is 6.08. The van der Waals surface area contributed by atoms with E-state index in [1.165, 1.54) is 0 Å². The van der Waals surface area contributed by atoms with Crippen molar-refractivity contribution < 1.29 is 19.8 Å². The third kappa shape index (κ3) is 30.7. The summed E-state index contributed by atoms with van der Waals surface area (Å²) in [6.45, 7) is 14.8. The fraction of sp³-hybridized carbons (Fsp3) is 0.900. The van der Waals surface area contributed by atoms with Gasteiger partial charge in [0.1, 0.15) is 0 Å². The van der Waals surface area contributed by atoms with E-state index in [4.69, 9.17) is 10.2 Å². The molecule has 0 saturated heterocycles. The second kappa shape index (κ2) is 26.1. The van der Waals surface area contributed by atoms with Crippen molar-refractivity contribution in [1.82, 2.24) is 10.6 Å². The van der Waals surface area contributed by atoms with Crippen molar-refractivity contribution in [3.63, 3.8) is 0 Å². The van der Waals surface area contributed by atoms with Gasteiger partial charge in [-0.05, 0) is 45.4 Å². The van der Waals surface area contributed by atoms with Crippen LogP contribution in [0.3, 0.4) is 0 Å². The molecule has 0 fully saturated rings. The molecule has 1 atom stereocenters. The number of nitrogens with one attached hydrogen (secondary N) is 2. The van der Waals surface area contributed by atoms with Crippen LogP contribution in [0.5, 0.6) is 0 Å². The van der Waals surface area contributed by atoms with E-state index in [0.29, 0.717) is 12.8 Å². The highest BCUT2D eigenvalue weighted by molar-refractivity contribution is 5.69. The SMILES string of the molecule is CCCCC(CCCCCC(=O)O)C(=O)O.CCNCC.CCNCC. The van der Waals surface area contributed by atoms with Gasteiger partial charge in [0.2, 0.25) is 0 Å². The van der Waals surface area contributed by atoms with Crippen LogP contribution in [0.4, 0.5) is 0 Å². The average Bonchev–Trinajstić information content (AvgIpc) is 2.59. The number of rotatable bonds is 14. The first-order chi connectivity index (χ1) is 12.4. The zero-order valence-electron chi connectivity index (χ0n) is 17.8. The van der Waals surface area contributed by atoms with E-state index in [9.17, 15) is 9.59 Å². The van der Waals surface area contributed by atoms with E-state index in [1.54, 1.807) is 0 Å². The van der Waals surface area contributed by atoms with Crippen LogP contribution in [0.1, 0.15) is 86.0 Å². The summed E-state index contributed by atoms with van der Waals surface area (Å²) in [5.74, 6) is -1.74. The predicted molar refractivity (Wildman–Crippen MR) is 110 cm³/mol. The summed E-state index contributed by atoms with van der Waals surface area (Å²) in [5.41, 5.74) is 0. The molecule has 0 aliphatic heterocycles. The number of aliphatic carboxylic acids is 2. The maximum absolute atomic E-state index is 10.9. The van der Waals surface area contributed by atoms with Crippen LogP contribution >= 0.6 is 0 Å². The minimum absolute atomic E-state index is 0.187. The van der Waals surface area contributed by atoms with Gasteiger partial charge in [0.25, 0.3) is 0 Å². The molecule has 6 heteroatoms. The largest absolute Gasteiger partial charge is 0.481 e. The third-order valence-electron chi connectivity index (χ3n) is 3.70. The van der Waals surface area contributed by atoms with Crippen LogP contribution in [-0.2, 0) is 9.59 Å². The Balaban J connectivity index is -0.000000433. The Morgan fingerprint density at radius 1 is 0.731 bits per heavy atom. The van der Waals surface area contributed by atoms with Crippen molar-refractivity contribution in [3.05, 3.63) is 0 Å². The van der Waals surface area contributed by atoms with Gasteiger partial charge in [-0.15, -0.1) is 0 Å². The summed E-state index contributed by atoms with van der Waals surface area (Å²) in [5, 5.41) is 23.6. The Hall–Kier alpha value is -1.14. The van der Waals surface area contributed by atoms with Gasteiger partial charge in [-0.2, -0.15) is 0 Å². The van der Waals surface area contributed by atoms with Gasteiger partial charge in [0.05, 0.1) is 5.92 Å². The molecule has 1 unspecified atom stereocenters. The molecular formula is C20H44N2O4. The number of hydrogen-bond donors (Lipinski definition) is 4. The lowest BCUT2D eigenvalue weighted by Gasteiger charge is -2.10. The predicted octanol–water partition coefficient (Wildman–Crippen LogP) is 4.14. The quantitative estimate of drug-likeness (QED) is 0.340. The van der Waals surface area contributed by atoms with E-state index in [0.717, 1.165) is 58.3 Å². The summed E-state index contributed by atoms with van der Waals surface area (Å²) in [4.78, 5) is 21.1. The first-order valence-electron chi connectivity index (χ1n) is 10.3. The molecule has 0 aromatic carbocycles. The molecule has 0 amide bonds. The number of carboxylic acids is 2. The van der Waals surface area contributed by atoms with E-state index < -0.39 is 11.9 Å². The van der Waals surface area contributed by atoms with E-state index >= 15 is 0 Å². The zero-order chi connectivity index (χ0) is 20.6. The van der Waals surface area contributed by atoms with Gasteiger partial charge in [-0.1, -0.05) is 60.3 Å². The molecule has 0 heterocycles. The average molecular weight is 377 g/mol. The van der Waals surface area contributed by atoms with Gasteiger partial charge in [0, 0.05) is 6.42 Å². The van der Waals surface area contributed by atoms with Gasteiger partial charge >= 0.3 is 11.9 Å². The van der Waals surface area contributed by atoms with E-state index in [-0.39, 0.29) is 12.3 Å². The standard InChI is InChI=1S/C12H22O4.2C4H11N/c1-2-3-7-10(12(15)16)8-5-4-6-9-11(13)14;2*1-3-5-4-2/h10H,2-9H2,1H3,(H,13,14)(H,15,16);2*5H,3-4H2,1-2H3. The smallest absolute Gasteiger partial charge is 0.306 e. The molecule has 4 N–H and O–H groups in total. The summed E-state index contributed by atoms with van der Waals surface area (Å²) >= 11 is 0. The molecular weight excluding hydrogens is 332 g/mol. The maximum Gasteiger partial charge on any atom is 0.306 e. The minimum atomic E-state index is -0.777. The fourth-order valence-corrected chi connectivity index (χ4v) is 2.19. The Morgan fingerprint density at radius 3 is 1.50 bits per heavy atom. The highest BCUT2D eigenvalue weighted by atomic mass is 16.4. The van der Waals surface area contributed by atoms with Crippen LogP contribution in [0.15, 0.2) is 0 Å². The number of unbranched alkanes of at least 4 members (excludes halogenated alkanes) is 3. The van der Waals surface area contributed by atoms with Crippen molar-refractivity contribution in [2.24, 2.45) is 5.92 Å². The number of carboxylic acid groups (broad SMARTS) is 2. The van der Waals surface area contributed by atoms with E-state index in [1.807, 2.05) is 6.92 Å². The fourth-order valence-electron chi connectivity index (χ4n) is 2.19. The molecule has 0 aromatic rings. The van der Waals surface area contributed by atoms with Gasteiger partial charge in [-0.3, -0.25) is 9.59 Å². The van der Waals surface area contributed by atoms with Crippen molar-refractivity contribution in [2.75, 3.05) is 26.2 Å². The Morgan fingerprint density at radius 2 is 1.19 bits per heavy atom. The molecule has 0 spiro atoms. The van der Waals surface area contributed by atoms with Crippen LogP contribution < -0.4 is 10.6 Å². The normalized spacial score (nSPS) is 10.8. The minimum Gasteiger partial charge on any atom is -0.481 e. The van der Waals surface area contributed by atoms with Gasteiger partial charge in [-0.25, -0.2) is 0 Å². The number of carbonyl (C=O) groups is 2. The lowest BCUT2D eigenvalue weighted by Crippen LogP contribution is -2.13. The Labute approximate surface area is 161 Å². The summed E-state index contributed by atoms with van der Waals surface area (Å²) in [6, 6.07) is 0. The van der Waals surface area contributed by atoms with Crippen LogP contribution in [0.25, 0.3) is 0 Å². The molecule has 0 saturated carbocycles. The van der Waals surface area contributed by atoms with Crippen molar-refractivity contribution >= 4 is 11.9 Å². The third-order valence-corrected chi connectivity index (χ3v) is 3.70. The molecule has 0 bridgehead atoms. The molecule has 0 aliphatic rings. The van der Waals surface area contributed by atoms with Crippen LogP contribution in [0.2, 0.25) is 0 Å². The first kappa shape index (κ1) is 29.6. The molecule has 0 aliphatic carbocycles. The highest BCUT2D eigenvalue weighted by Crippen LogP contribution is 2.17. The maximum atomic E-state index is 10.9. The molecule has 158 valence electrons.